The Balaban J connectivity index is 2.43. The number of rotatable bonds is 0. The molecule has 0 unspecified atom stereocenters. The summed E-state index contributed by atoms with van der Waals surface area (Å²) in [5, 5.41) is 19.7. The summed E-state index contributed by atoms with van der Waals surface area (Å²) in [6.45, 7) is 0. The second-order valence-corrected chi connectivity index (χ2v) is 5.08. The van der Waals surface area contributed by atoms with Crippen LogP contribution in [-0.2, 0) is 0 Å². The van der Waals surface area contributed by atoms with Crippen LogP contribution in [0, 0.1) is 0 Å². The molecular weight excluding hydrogens is 303 g/mol. The van der Waals surface area contributed by atoms with Gasteiger partial charge in [0.25, 0.3) is 0 Å². The first kappa shape index (κ1) is 13.0. The van der Waals surface area contributed by atoms with Crippen LogP contribution in [0.1, 0.15) is 31.8 Å². The molecule has 0 spiro atoms. The summed E-state index contributed by atoms with van der Waals surface area (Å²) in [6, 6.07) is 5.07. The lowest BCUT2D eigenvalue weighted by molar-refractivity contribution is 0.0974. The van der Waals surface area contributed by atoms with Crippen LogP contribution in [-0.4, -0.2) is 21.8 Å². The molecule has 6 heteroatoms. The summed E-state index contributed by atoms with van der Waals surface area (Å²) >= 11 is 11.8. The first-order valence-electron chi connectivity index (χ1n) is 5.55. The Bertz CT molecular complexity index is 792. The molecule has 0 amide bonds. The summed E-state index contributed by atoms with van der Waals surface area (Å²) in [5.74, 6) is -1.98. The topological polar surface area (TPSA) is 74.6 Å². The van der Waals surface area contributed by atoms with E-state index in [-0.39, 0.29) is 38.0 Å². The van der Waals surface area contributed by atoms with Gasteiger partial charge in [0.05, 0.1) is 26.7 Å². The second kappa shape index (κ2) is 4.23. The van der Waals surface area contributed by atoms with Gasteiger partial charge in [-0.3, -0.25) is 9.59 Å². The maximum Gasteiger partial charge on any atom is 0.199 e. The quantitative estimate of drug-likeness (QED) is 0.625. The summed E-state index contributed by atoms with van der Waals surface area (Å²) in [6.07, 6.45) is 0. The van der Waals surface area contributed by atoms with Crippen LogP contribution in [0.25, 0.3) is 0 Å². The van der Waals surface area contributed by atoms with E-state index in [4.69, 9.17) is 23.2 Å². The highest BCUT2D eigenvalue weighted by molar-refractivity contribution is 6.46. The minimum atomic E-state index is -0.643. The second-order valence-electron chi connectivity index (χ2n) is 4.30. The summed E-state index contributed by atoms with van der Waals surface area (Å²) in [4.78, 5) is 24.8. The number of carbonyl (C=O) groups is 2. The Hall–Kier alpha value is -2.04. The normalized spacial score (nSPS) is 13.1. The SMILES string of the molecule is O=C1c2ccc(Cl)c(Cl)c2C(=O)c2c(O)ccc(O)c21. The molecule has 2 aromatic rings. The standard InChI is InChI=1S/C14H6Cl2O4/c15-6-2-1-5-9(12(6)16)14(20)11-8(18)4-3-7(17)10(11)13(5)19/h1-4,17-18H. The zero-order chi connectivity index (χ0) is 14.6. The van der Waals surface area contributed by atoms with Crippen molar-refractivity contribution in [3.63, 3.8) is 0 Å². The zero-order valence-corrected chi connectivity index (χ0v) is 11.3. The van der Waals surface area contributed by atoms with Crippen molar-refractivity contribution in [3.05, 3.63) is 56.6 Å². The van der Waals surface area contributed by atoms with E-state index in [1.165, 1.54) is 12.1 Å². The van der Waals surface area contributed by atoms with Gasteiger partial charge in [0.15, 0.2) is 11.6 Å². The summed E-state index contributed by atoms with van der Waals surface area (Å²) in [7, 11) is 0. The lowest BCUT2D eigenvalue weighted by Crippen LogP contribution is -2.21. The maximum absolute atomic E-state index is 12.4. The molecule has 2 aromatic carbocycles. The number of aromatic hydroxyl groups is 2. The largest absolute Gasteiger partial charge is 0.507 e. The van der Waals surface area contributed by atoms with Gasteiger partial charge in [0.2, 0.25) is 0 Å². The fraction of sp³-hybridized carbons (Fsp3) is 0. The van der Waals surface area contributed by atoms with Crippen molar-refractivity contribution in [3.8, 4) is 11.5 Å². The van der Waals surface area contributed by atoms with E-state index in [0.29, 0.717) is 0 Å². The van der Waals surface area contributed by atoms with Crippen molar-refractivity contribution in [1.29, 1.82) is 0 Å². The van der Waals surface area contributed by atoms with Gasteiger partial charge in [-0.25, -0.2) is 0 Å². The van der Waals surface area contributed by atoms with Crippen LogP contribution in [0.3, 0.4) is 0 Å². The molecular formula is C14H6Cl2O4. The summed E-state index contributed by atoms with van der Waals surface area (Å²) in [5.41, 5.74) is -0.483. The van der Waals surface area contributed by atoms with E-state index in [9.17, 15) is 19.8 Å². The lowest BCUT2D eigenvalue weighted by atomic mass is 9.83. The molecule has 0 radical (unpaired) electrons. The van der Waals surface area contributed by atoms with Gasteiger partial charge in [-0.05, 0) is 24.3 Å². The van der Waals surface area contributed by atoms with Gasteiger partial charge in [-0.1, -0.05) is 23.2 Å². The van der Waals surface area contributed by atoms with E-state index in [0.717, 1.165) is 12.1 Å². The Morgan fingerprint density at radius 3 is 1.90 bits per heavy atom. The van der Waals surface area contributed by atoms with Gasteiger partial charge >= 0.3 is 0 Å². The molecule has 2 N–H and O–H groups in total. The third kappa shape index (κ3) is 1.55. The van der Waals surface area contributed by atoms with Gasteiger partial charge in [-0.15, -0.1) is 0 Å². The van der Waals surface area contributed by atoms with Crippen LogP contribution in [0.5, 0.6) is 11.5 Å². The van der Waals surface area contributed by atoms with E-state index in [1.54, 1.807) is 0 Å². The van der Waals surface area contributed by atoms with Crippen LogP contribution >= 0.6 is 23.2 Å². The highest BCUT2D eigenvalue weighted by atomic mass is 35.5. The Morgan fingerprint density at radius 1 is 0.750 bits per heavy atom. The average Bonchev–Trinajstić information content (AvgIpc) is 2.41. The predicted octanol–water partition coefficient (Wildman–Crippen LogP) is 3.18. The third-order valence-corrected chi connectivity index (χ3v) is 3.99. The molecule has 100 valence electrons. The molecule has 0 aliphatic heterocycles. The number of hydrogen-bond acceptors (Lipinski definition) is 4. The van der Waals surface area contributed by atoms with Gasteiger partial charge in [-0.2, -0.15) is 0 Å². The Labute approximate surface area is 123 Å². The van der Waals surface area contributed by atoms with Crippen molar-refractivity contribution in [2.24, 2.45) is 0 Å². The highest BCUT2D eigenvalue weighted by Crippen LogP contribution is 2.41. The zero-order valence-electron chi connectivity index (χ0n) is 9.78. The first-order chi connectivity index (χ1) is 9.43. The lowest BCUT2D eigenvalue weighted by Gasteiger charge is -2.20. The number of hydrogen-bond donors (Lipinski definition) is 2. The molecule has 0 saturated carbocycles. The van der Waals surface area contributed by atoms with Crippen LogP contribution in [0.4, 0.5) is 0 Å². The number of phenols is 2. The fourth-order valence-electron chi connectivity index (χ4n) is 2.26. The van der Waals surface area contributed by atoms with E-state index >= 15 is 0 Å². The van der Waals surface area contributed by atoms with Crippen LogP contribution in [0.2, 0.25) is 10.0 Å². The van der Waals surface area contributed by atoms with Crippen molar-refractivity contribution in [2.75, 3.05) is 0 Å². The molecule has 1 aliphatic carbocycles. The number of carbonyl (C=O) groups excluding carboxylic acids is 2. The fourth-order valence-corrected chi connectivity index (χ4v) is 2.67. The van der Waals surface area contributed by atoms with Gasteiger partial charge < -0.3 is 10.2 Å². The van der Waals surface area contributed by atoms with Crippen molar-refractivity contribution >= 4 is 34.8 Å². The molecule has 1 aliphatic rings. The number of fused-ring (bicyclic) bond motifs is 2. The number of phenolic OH excluding ortho intramolecular Hbond substituents is 2. The minimum absolute atomic E-state index is 0.0455. The smallest absolute Gasteiger partial charge is 0.199 e. The van der Waals surface area contributed by atoms with Crippen molar-refractivity contribution < 1.29 is 19.8 Å². The molecule has 3 rings (SSSR count). The first-order valence-corrected chi connectivity index (χ1v) is 6.31. The minimum Gasteiger partial charge on any atom is -0.507 e. The predicted molar refractivity (Wildman–Crippen MR) is 73.1 cm³/mol. The van der Waals surface area contributed by atoms with Crippen LogP contribution < -0.4 is 0 Å². The van der Waals surface area contributed by atoms with Crippen molar-refractivity contribution in [2.45, 2.75) is 0 Å². The Kier molecular flexibility index (Phi) is 2.74. The number of ketones is 2. The average molecular weight is 309 g/mol. The molecule has 4 nitrogen and oxygen atoms in total. The Morgan fingerprint density at radius 2 is 1.30 bits per heavy atom. The monoisotopic (exact) mass is 308 g/mol. The highest BCUT2D eigenvalue weighted by Gasteiger charge is 2.36. The molecule has 0 atom stereocenters. The number of halogens is 2. The molecule has 0 bridgehead atoms. The summed E-state index contributed by atoms with van der Waals surface area (Å²) < 4.78 is 0. The molecule has 0 fully saturated rings. The molecule has 20 heavy (non-hydrogen) atoms. The third-order valence-electron chi connectivity index (χ3n) is 3.18. The molecule has 0 saturated heterocycles. The van der Waals surface area contributed by atoms with E-state index in [1.807, 2.05) is 0 Å². The molecule has 0 aromatic heterocycles. The number of benzene rings is 2. The van der Waals surface area contributed by atoms with Gasteiger partial charge in [0, 0.05) is 5.56 Å². The van der Waals surface area contributed by atoms with E-state index in [2.05, 4.69) is 0 Å². The maximum atomic E-state index is 12.4. The molecule has 0 heterocycles. The van der Waals surface area contributed by atoms with Crippen LogP contribution in [0.15, 0.2) is 24.3 Å². The van der Waals surface area contributed by atoms with Gasteiger partial charge in [0.1, 0.15) is 11.5 Å². The van der Waals surface area contributed by atoms with E-state index < -0.39 is 17.3 Å². The van der Waals surface area contributed by atoms with Crippen molar-refractivity contribution in [1.82, 2.24) is 0 Å².